The quantitative estimate of drug-likeness (QED) is 0.497. The Labute approximate surface area is 202 Å². The molecule has 9 nitrogen and oxygen atoms in total. The van der Waals surface area contributed by atoms with Crippen LogP contribution in [0.15, 0.2) is 42.5 Å². The van der Waals surface area contributed by atoms with Crippen LogP contribution in [0.2, 0.25) is 0 Å². The number of hydrogen-bond donors (Lipinski definition) is 3. The molecule has 0 spiro atoms. The van der Waals surface area contributed by atoms with Crippen molar-refractivity contribution in [1.82, 2.24) is 15.1 Å². The van der Waals surface area contributed by atoms with Gasteiger partial charge in [-0.25, -0.2) is 4.79 Å². The zero-order valence-corrected chi connectivity index (χ0v) is 19.1. The van der Waals surface area contributed by atoms with Crippen molar-refractivity contribution in [3.8, 4) is 28.5 Å². The molecule has 2 aromatic carbocycles. The van der Waals surface area contributed by atoms with Gasteiger partial charge in [0.25, 0.3) is 5.91 Å². The number of hydrogen-bond acceptors (Lipinski definition) is 6. The molecule has 2 amide bonds. The van der Waals surface area contributed by atoms with E-state index in [1.165, 1.54) is 10.7 Å². The van der Waals surface area contributed by atoms with Crippen LogP contribution in [0.3, 0.4) is 0 Å². The maximum absolute atomic E-state index is 12.9. The number of nitrogens with one attached hydrogen (secondary N) is 2. The van der Waals surface area contributed by atoms with E-state index in [2.05, 4.69) is 15.7 Å². The van der Waals surface area contributed by atoms with E-state index in [0.717, 1.165) is 44.2 Å². The van der Waals surface area contributed by atoms with Crippen LogP contribution in [0.4, 0.5) is 10.5 Å². The molecule has 0 bridgehead atoms. The number of nitrogens with zero attached hydrogens (tertiary/aromatic N) is 2. The molecule has 35 heavy (non-hydrogen) atoms. The predicted octanol–water partition coefficient (Wildman–Crippen LogP) is 4.61. The number of ether oxygens (including phenoxy) is 2. The normalized spacial score (nSPS) is 16.9. The lowest BCUT2D eigenvalue weighted by Gasteiger charge is -2.28. The number of benzene rings is 2. The van der Waals surface area contributed by atoms with Gasteiger partial charge in [-0.1, -0.05) is 6.42 Å². The van der Waals surface area contributed by atoms with Crippen LogP contribution in [0, 0.1) is 0 Å². The maximum Gasteiger partial charge on any atom is 0.342 e. The van der Waals surface area contributed by atoms with E-state index in [1.807, 2.05) is 6.07 Å². The van der Waals surface area contributed by atoms with Gasteiger partial charge in [0.1, 0.15) is 5.75 Å². The number of phenols is 1. The van der Waals surface area contributed by atoms with E-state index >= 15 is 0 Å². The van der Waals surface area contributed by atoms with Gasteiger partial charge in [-0.3, -0.25) is 4.79 Å². The van der Waals surface area contributed by atoms with Crippen molar-refractivity contribution in [1.29, 1.82) is 0 Å². The third kappa shape index (κ3) is 4.07. The second-order valence-corrected chi connectivity index (χ2v) is 9.33. The van der Waals surface area contributed by atoms with Gasteiger partial charge < -0.3 is 25.2 Å². The van der Waals surface area contributed by atoms with Crippen LogP contribution in [-0.2, 0) is 0 Å². The highest BCUT2D eigenvalue weighted by molar-refractivity contribution is 6.05. The first-order chi connectivity index (χ1) is 17.0. The minimum absolute atomic E-state index is 0.0299. The summed E-state index contributed by atoms with van der Waals surface area (Å²) >= 11 is 0. The summed E-state index contributed by atoms with van der Waals surface area (Å²) in [6.07, 6.45) is 6.32. The van der Waals surface area contributed by atoms with Crippen molar-refractivity contribution < 1.29 is 24.2 Å². The van der Waals surface area contributed by atoms with Crippen molar-refractivity contribution in [3.63, 3.8) is 0 Å². The van der Waals surface area contributed by atoms with Crippen LogP contribution in [0.1, 0.15) is 60.5 Å². The highest BCUT2D eigenvalue weighted by Gasteiger charge is 2.29. The molecule has 180 valence electrons. The summed E-state index contributed by atoms with van der Waals surface area (Å²) in [7, 11) is 0. The highest BCUT2D eigenvalue weighted by atomic mass is 16.7. The number of carbonyl (C=O) groups excluding carboxylic acids is 2. The molecular formula is C26H26N4O5. The molecule has 6 rings (SSSR count). The van der Waals surface area contributed by atoms with Gasteiger partial charge in [0.2, 0.25) is 6.79 Å². The second kappa shape index (κ2) is 8.65. The summed E-state index contributed by atoms with van der Waals surface area (Å²) in [5.74, 6) is 1.06. The molecule has 1 aliphatic heterocycles. The largest absolute Gasteiger partial charge is 0.507 e. The van der Waals surface area contributed by atoms with E-state index in [-0.39, 0.29) is 30.5 Å². The molecule has 0 radical (unpaired) electrons. The number of anilines is 1. The Balaban J connectivity index is 1.22. The van der Waals surface area contributed by atoms with Gasteiger partial charge in [0.15, 0.2) is 11.5 Å². The lowest BCUT2D eigenvalue weighted by Crippen LogP contribution is -2.42. The zero-order valence-electron chi connectivity index (χ0n) is 19.1. The first-order valence-corrected chi connectivity index (χ1v) is 12.0. The van der Waals surface area contributed by atoms with Gasteiger partial charge in [-0.2, -0.15) is 9.78 Å². The fraction of sp³-hybridized carbons (Fsp3) is 0.346. The average molecular weight is 475 g/mol. The minimum atomic E-state index is -0.334. The Morgan fingerprint density at radius 1 is 0.971 bits per heavy atom. The molecule has 3 aliphatic rings. The number of phenolic OH excluding ortho intramolecular Hbond substituents is 1. The van der Waals surface area contributed by atoms with Gasteiger partial charge in [-0.15, -0.1) is 0 Å². The van der Waals surface area contributed by atoms with Gasteiger partial charge in [-0.05, 0) is 68.5 Å². The Kier molecular flexibility index (Phi) is 5.32. The summed E-state index contributed by atoms with van der Waals surface area (Å²) in [6, 6.07) is 11.7. The summed E-state index contributed by atoms with van der Waals surface area (Å²) in [4.78, 5) is 25.6. The molecule has 2 aliphatic carbocycles. The van der Waals surface area contributed by atoms with Crippen molar-refractivity contribution in [2.24, 2.45) is 0 Å². The Morgan fingerprint density at radius 3 is 2.49 bits per heavy atom. The monoisotopic (exact) mass is 474 g/mol. The van der Waals surface area contributed by atoms with Crippen LogP contribution < -0.4 is 20.1 Å². The maximum atomic E-state index is 12.9. The Hall–Kier alpha value is -4.01. The van der Waals surface area contributed by atoms with Gasteiger partial charge >= 0.3 is 6.03 Å². The topological polar surface area (TPSA) is 115 Å². The summed E-state index contributed by atoms with van der Waals surface area (Å²) < 4.78 is 12.1. The molecular weight excluding hydrogens is 448 g/mol. The fourth-order valence-electron chi connectivity index (χ4n) is 4.54. The lowest BCUT2D eigenvalue weighted by atomic mass is 9.82. The molecule has 2 fully saturated rings. The molecule has 1 aromatic heterocycles. The number of amides is 2. The summed E-state index contributed by atoms with van der Waals surface area (Å²) in [5, 5.41) is 21.2. The predicted molar refractivity (Wildman–Crippen MR) is 128 cm³/mol. The first kappa shape index (κ1) is 21.5. The number of rotatable bonds is 5. The third-order valence-electron chi connectivity index (χ3n) is 7.05. The van der Waals surface area contributed by atoms with E-state index < -0.39 is 0 Å². The zero-order chi connectivity index (χ0) is 23.9. The summed E-state index contributed by atoms with van der Waals surface area (Å²) in [6.45, 7) is 0.135. The van der Waals surface area contributed by atoms with E-state index in [1.54, 1.807) is 30.3 Å². The van der Waals surface area contributed by atoms with Crippen LogP contribution >= 0.6 is 0 Å². The van der Waals surface area contributed by atoms with Crippen molar-refractivity contribution in [2.75, 3.05) is 12.1 Å². The van der Waals surface area contributed by atoms with E-state index in [9.17, 15) is 14.7 Å². The van der Waals surface area contributed by atoms with E-state index in [4.69, 9.17) is 9.47 Å². The van der Waals surface area contributed by atoms with Crippen LogP contribution in [0.5, 0.6) is 17.2 Å². The van der Waals surface area contributed by atoms with Crippen LogP contribution in [0.25, 0.3) is 11.3 Å². The third-order valence-corrected chi connectivity index (χ3v) is 7.05. The van der Waals surface area contributed by atoms with Gasteiger partial charge in [0.05, 0.1) is 11.4 Å². The minimum Gasteiger partial charge on any atom is -0.507 e. The molecule has 3 aromatic rings. The van der Waals surface area contributed by atoms with Crippen molar-refractivity contribution in [3.05, 3.63) is 53.7 Å². The first-order valence-electron chi connectivity index (χ1n) is 12.0. The standard InChI is InChI=1S/C26H26N4O5/c31-22-12-18(27-25(32)16-7-10-23-24(11-16)35-14-34-23)8-9-19(22)20-13-21(15-3-1-4-15)30(29-20)26(33)28-17-5-2-6-17/h7-13,15,17,31H,1-6,14H2,(H,27,32)(H,28,33). The SMILES string of the molecule is O=C(Nc1ccc(-c2cc(C3CCC3)n(C(=O)NC3CCC3)n2)c(O)c1)c1ccc2c(c1)OCO2. The molecule has 2 saturated carbocycles. The van der Waals surface area contributed by atoms with Gasteiger partial charge in [0, 0.05) is 34.8 Å². The molecule has 2 heterocycles. The number of aromatic hydroxyl groups is 1. The number of aromatic nitrogens is 2. The molecule has 3 N–H and O–H groups in total. The van der Waals surface area contributed by atoms with Crippen molar-refractivity contribution in [2.45, 2.75) is 50.5 Å². The molecule has 0 atom stereocenters. The second-order valence-electron chi connectivity index (χ2n) is 9.33. The fourth-order valence-corrected chi connectivity index (χ4v) is 4.54. The smallest absolute Gasteiger partial charge is 0.342 e. The molecule has 0 saturated heterocycles. The molecule has 9 heteroatoms. The lowest BCUT2D eigenvalue weighted by molar-refractivity contribution is 0.102. The molecule has 0 unspecified atom stereocenters. The number of fused-ring (bicyclic) bond motifs is 1. The van der Waals surface area contributed by atoms with Crippen LogP contribution in [-0.4, -0.2) is 39.7 Å². The Morgan fingerprint density at radius 2 is 1.77 bits per heavy atom. The number of carbonyl (C=O) groups is 2. The average Bonchev–Trinajstić information content (AvgIpc) is 3.42. The highest BCUT2D eigenvalue weighted by Crippen LogP contribution is 2.39. The Bertz CT molecular complexity index is 1310. The van der Waals surface area contributed by atoms with Crippen molar-refractivity contribution >= 4 is 17.6 Å². The summed E-state index contributed by atoms with van der Waals surface area (Å²) in [5.41, 5.74) is 2.76. The van der Waals surface area contributed by atoms with E-state index in [0.29, 0.717) is 39.9 Å².